The number of anilines is 1. The summed E-state index contributed by atoms with van der Waals surface area (Å²) in [6.07, 6.45) is 3.32. The quantitative estimate of drug-likeness (QED) is 0.638. The predicted octanol–water partition coefficient (Wildman–Crippen LogP) is 2.42. The predicted molar refractivity (Wildman–Crippen MR) is 85.7 cm³/mol. The average molecular weight is 319 g/mol. The van der Waals surface area contributed by atoms with E-state index in [2.05, 4.69) is 35.8 Å². The Morgan fingerprint density at radius 1 is 1.30 bits per heavy atom. The summed E-state index contributed by atoms with van der Waals surface area (Å²) in [6, 6.07) is 3.62. The van der Waals surface area contributed by atoms with Crippen LogP contribution < -0.4 is 4.90 Å². The number of rotatable bonds is 3. The van der Waals surface area contributed by atoms with E-state index in [4.69, 9.17) is 4.74 Å². The van der Waals surface area contributed by atoms with Crippen molar-refractivity contribution < 1.29 is 9.66 Å². The van der Waals surface area contributed by atoms with Crippen LogP contribution in [0.25, 0.3) is 5.65 Å². The Morgan fingerprint density at radius 2 is 2.00 bits per heavy atom. The van der Waals surface area contributed by atoms with Crippen LogP contribution in [0, 0.1) is 10.1 Å². The number of hydrogen-bond acceptors (Lipinski definition) is 6. The van der Waals surface area contributed by atoms with E-state index < -0.39 is 4.92 Å². The lowest BCUT2D eigenvalue weighted by Gasteiger charge is -2.35. The molecule has 0 aliphatic carbocycles. The molecule has 23 heavy (non-hydrogen) atoms. The highest BCUT2D eigenvalue weighted by Gasteiger charge is 2.26. The molecule has 3 rings (SSSR count). The maximum absolute atomic E-state index is 11.0. The zero-order valence-corrected chi connectivity index (χ0v) is 13.6. The Morgan fingerprint density at radius 3 is 2.61 bits per heavy atom. The molecule has 0 spiro atoms. The van der Waals surface area contributed by atoms with Crippen LogP contribution in [0.1, 0.15) is 33.6 Å². The molecular weight excluding hydrogens is 298 g/mol. The SMILES string of the molecule is CC(C)(C)OC1CCN(c2ccc3ncc([N+](=O)[O-])n3n2)CC1. The number of nitrogens with zero attached hydrogens (tertiary/aromatic N) is 5. The van der Waals surface area contributed by atoms with Gasteiger partial charge in [0.05, 0.1) is 11.7 Å². The Labute approximate surface area is 134 Å². The molecule has 0 unspecified atom stereocenters. The highest BCUT2D eigenvalue weighted by molar-refractivity contribution is 5.49. The number of fused-ring (bicyclic) bond motifs is 1. The molecule has 8 heteroatoms. The van der Waals surface area contributed by atoms with Crippen LogP contribution in [-0.2, 0) is 4.74 Å². The molecule has 1 aliphatic heterocycles. The summed E-state index contributed by atoms with van der Waals surface area (Å²) in [5.74, 6) is 0.612. The van der Waals surface area contributed by atoms with Crippen molar-refractivity contribution in [2.45, 2.75) is 45.3 Å². The average Bonchev–Trinajstić information content (AvgIpc) is 2.89. The number of aromatic nitrogens is 3. The summed E-state index contributed by atoms with van der Waals surface area (Å²) >= 11 is 0. The van der Waals surface area contributed by atoms with Crippen LogP contribution in [0.2, 0.25) is 0 Å². The van der Waals surface area contributed by atoms with Gasteiger partial charge in [0, 0.05) is 19.2 Å². The van der Waals surface area contributed by atoms with Crippen LogP contribution in [0.5, 0.6) is 0 Å². The first-order valence-corrected chi connectivity index (χ1v) is 7.75. The van der Waals surface area contributed by atoms with Crippen molar-refractivity contribution in [3.63, 3.8) is 0 Å². The Balaban J connectivity index is 1.74. The summed E-state index contributed by atoms with van der Waals surface area (Å²) in [5, 5.41) is 15.4. The topological polar surface area (TPSA) is 85.8 Å². The van der Waals surface area contributed by atoms with Gasteiger partial charge in [-0.05, 0) is 44.6 Å². The lowest BCUT2D eigenvalue weighted by atomic mass is 10.1. The van der Waals surface area contributed by atoms with Gasteiger partial charge in [0.1, 0.15) is 6.20 Å². The third-order valence-corrected chi connectivity index (χ3v) is 3.80. The number of hydrogen-bond donors (Lipinski definition) is 0. The van der Waals surface area contributed by atoms with Gasteiger partial charge in [-0.15, -0.1) is 0 Å². The van der Waals surface area contributed by atoms with Crippen LogP contribution in [-0.4, -0.2) is 44.3 Å². The summed E-state index contributed by atoms with van der Waals surface area (Å²) in [4.78, 5) is 16.7. The maximum atomic E-state index is 11.0. The highest BCUT2D eigenvalue weighted by atomic mass is 16.6. The fraction of sp³-hybridized carbons (Fsp3) is 0.600. The number of nitro groups is 1. The molecule has 2 aromatic rings. The van der Waals surface area contributed by atoms with Gasteiger partial charge in [-0.1, -0.05) is 9.61 Å². The summed E-state index contributed by atoms with van der Waals surface area (Å²) < 4.78 is 7.30. The normalized spacial score (nSPS) is 16.9. The van der Waals surface area contributed by atoms with Gasteiger partial charge < -0.3 is 19.8 Å². The third kappa shape index (κ3) is 3.42. The zero-order valence-electron chi connectivity index (χ0n) is 13.6. The van der Waals surface area contributed by atoms with Crippen LogP contribution in [0.3, 0.4) is 0 Å². The minimum Gasteiger partial charge on any atom is -0.372 e. The molecule has 0 aromatic carbocycles. The fourth-order valence-corrected chi connectivity index (χ4v) is 2.85. The second-order valence-corrected chi connectivity index (χ2v) is 6.75. The Kier molecular flexibility index (Phi) is 3.93. The summed E-state index contributed by atoms with van der Waals surface area (Å²) in [7, 11) is 0. The molecule has 3 heterocycles. The van der Waals surface area contributed by atoms with E-state index in [-0.39, 0.29) is 17.5 Å². The van der Waals surface area contributed by atoms with Crippen molar-refractivity contribution in [2.75, 3.05) is 18.0 Å². The van der Waals surface area contributed by atoms with E-state index in [1.54, 1.807) is 6.07 Å². The second kappa shape index (κ2) is 5.77. The van der Waals surface area contributed by atoms with E-state index in [9.17, 15) is 10.1 Å². The van der Waals surface area contributed by atoms with Gasteiger partial charge in [-0.25, -0.2) is 4.98 Å². The molecule has 124 valence electrons. The molecule has 2 aromatic heterocycles. The molecule has 0 N–H and O–H groups in total. The molecule has 1 aliphatic rings. The molecule has 1 fully saturated rings. The van der Waals surface area contributed by atoms with Crippen LogP contribution in [0.4, 0.5) is 11.6 Å². The van der Waals surface area contributed by atoms with Crippen LogP contribution in [0.15, 0.2) is 18.3 Å². The summed E-state index contributed by atoms with van der Waals surface area (Å²) in [6.45, 7) is 7.83. The van der Waals surface area contributed by atoms with E-state index in [1.807, 2.05) is 6.07 Å². The van der Waals surface area contributed by atoms with Gasteiger partial charge in [-0.3, -0.25) is 0 Å². The third-order valence-electron chi connectivity index (χ3n) is 3.80. The molecule has 0 radical (unpaired) electrons. The van der Waals surface area contributed by atoms with Crippen molar-refractivity contribution >= 4 is 17.3 Å². The lowest BCUT2D eigenvalue weighted by molar-refractivity contribution is -0.391. The molecule has 8 nitrogen and oxygen atoms in total. The van der Waals surface area contributed by atoms with Crippen molar-refractivity contribution in [3.8, 4) is 0 Å². The number of piperidine rings is 1. The lowest BCUT2D eigenvalue weighted by Crippen LogP contribution is -2.40. The molecule has 1 saturated heterocycles. The monoisotopic (exact) mass is 319 g/mol. The van der Waals surface area contributed by atoms with E-state index in [1.165, 1.54) is 10.7 Å². The molecule has 0 saturated carbocycles. The van der Waals surface area contributed by atoms with Gasteiger partial charge in [0.2, 0.25) is 5.65 Å². The second-order valence-electron chi connectivity index (χ2n) is 6.75. The molecule has 0 bridgehead atoms. The van der Waals surface area contributed by atoms with Crippen molar-refractivity contribution in [2.24, 2.45) is 0 Å². The maximum Gasteiger partial charge on any atom is 0.368 e. The first-order valence-electron chi connectivity index (χ1n) is 7.75. The van der Waals surface area contributed by atoms with Crippen molar-refractivity contribution in [1.29, 1.82) is 0 Å². The minimum atomic E-state index is -0.472. The Bertz CT molecular complexity index is 713. The highest BCUT2D eigenvalue weighted by Crippen LogP contribution is 2.24. The van der Waals surface area contributed by atoms with Gasteiger partial charge in [0.15, 0.2) is 5.82 Å². The van der Waals surface area contributed by atoms with E-state index in [0.29, 0.717) is 5.65 Å². The van der Waals surface area contributed by atoms with Crippen molar-refractivity contribution in [1.82, 2.24) is 14.6 Å². The van der Waals surface area contributed by atoms with Gasteiger partial charge >= 0.3 is 5.82 Å². The largest absolute Gasteiger partial charge is 0.372 e. The molecule has 0 amide bonds. The Hall–Kier alpha value is -2.22. The van der Waals surface area contributed by atoms with Gasteiger partial charge in [0.25, 0.3) is 0 Å². The summed E-state index contributed by atoms with van der Waals surface area (Å²) in [5.41, 5.74) is 0.341. The fourth-order valence-electron chi connectivity index (χ4n) is 2.85. The molecular formula is C15H21N5O3. The first kappa shape index (κ1) is 15.7. The van der Waals surface area contributed by atoms with E-state index in [0.717, 1.165) is 31.7 Å². The zero-order chi connectivity index (χ0) is 16.6. The smallest absolute Gasteiger partial charge is 0.368 e. The molecule has 0 atom stereocenters. The number of ether oxygens (including phenoxy) is 1. The number of imidazole rings is 1. The first-order chi connectivity index (χ1) is 10.8. The minimum absolute atomic E-state index is 0.118. The standard InChI is InChI=1S/C15H21N5O3/c1-15(2,3)23-11-6-8-18(9-7-11)13-5-4-12-16-10-14(20(21)22)19(12)17-13/h4-5,10-11H,6-9H2,1-3H3. The van der Waals surface area contributed by atoms with E-state index >= 15 is 0 Å². The van der Waals surface area contributed by atoms with Crippen LogP contribution >= 0.6 is 0 Å². The van der Waals surface area contributed by atoms with Crippen molar-refractivity contribution in [3.05, 3.63) is 28.4 Å². The van der Waals surface area contributed by atoms with Gasteiger partial charge in [-0.2, -0.15) is 0 Å².